The van der Waals surface area contributed by atoms with Crippen molar-refractivity contribution in [2.24, 2.45) is 0 Å². The maximum Gasteiger partial charge on any atom is 0.119 e. The first-order valence-corrected chi connectivity index (χ1v) is 3.98. The minimum Gasteiger partial charge on any atom is -0.385 e. The van der Waals surface area contributed by atoms with Gasteiger partial charge in [0, 0.05) is 20.3 Å². The smallest absolute Gasteiger partial charge is 0.119 e. The van der Waals surface area contributed by atoms with Gasteiger partial charge in [-0.15, -0.1) is 0 Å². The molecule has 1 unspecified atom stereocenters. The van der Waals surface area contributed by atoms with Crippen LogP contribution < -0.4 is 5.32 Å². The third kappa shape index (κ3) is 6.10. The highest BCUT2D eigenvalue weighted by Crippen LogP contribution is 1.86. The molecular formula is C8H16N2O2. The normalized spacial score (nSPS) is 12.4. The van der Waals surface area contributed by atoms with Gasteiger partial charge < -0.3 is 14.8 Å². The molecule has 0 aliphatic rings. The quantitative estimate of drug-likeness (QED) is 0.555. The Morgan fingerprint density at radius 3 is 2.75 bits per heavy atom. The van der Waals surface area contributed by atoms with Crippen LogP contribution in [-0.4, -0.2) is 40.0 Å². The fraction of sp³-hybridized carbons (Fsp3) is 0.875. The standard InChI is InChI=1S/C8H16N2O2/c1-10-8(6-9)7-12-5-3-4-11-2/h8,10H,3-5,7H2,1-2H3. The Kier molecular flexibility index (Phi) is 8.02. The molecule has 0 fully saturated rings. The Morgan fingerprint density at radius 2 is 2.25 bits per heavy atom. The van der Waals surface area contributed by atoms with Crippen LogP contribution in [0.2, 0.25) is 0 Å². The van der Waals surface area contributed by atoms with Crippen LogP contribution in [0.4, 0.5) is 0 Å². The van der Waals surface area contributed by atoms with Crippen molar-refractivity contribution in [2.75, 3.05) is 34.0 Å². The lowest BCUT2D eigenvalue weighted by Gasteiger charge is -2.07. The second kappa shape index (κ2) is 8.47. The summed E-state index contributed by atoms with van der Waals surface area (Å²) in [5, 5.41) is 11.3. The minimum atomic E-state index is -0.201. The summed E-state index contributed by atoms with van der Waals surface area (Å²) in [6, 6.07) is 1.87. The summed E-state index contributed by atoms with van der Waals surface area (Å²) in [7, 11) is 3.40. The SMILES string of the molecule is CNC(C#N)COCCCOC. The van der Waals surface area contributed by atoms with E-state index in [1.54, 1.807) is 14.2 Å². The average molecular weight is 172 g/mol. The van der Waals surface area contributed by atoms with E-state index in [0.717, 1.165) is 6.42 Å². The van der Waals surface area contributed by atoms with Gasteiger partial charge in [-0.3, -0.25) is 0 Å². The van der Waals surface area contributed by atoms with Crippen LogP contribution in [0.25, 0.3) is 0 Å². The zero-order valence-electron chi connectivity index (χ0n) is 7.67. The van der Waals surface area contributed by atoms with Gasteiger partial charge in [0.25, 0.3) is 0 Å². The molecule has 0 rings (SSSR count). The molecule has 0 aromatic heterocycles. The molecular weight excluding hydrogens is 156 g/mol. The van der Waals surface area contributed by atoms with Gasteiger partial charge in [-0.2, -0.15) is 5.26 Å². The topological polar surface area (TPSA) is 54.3 Å². The molecule has 4 heteroatoms. The van der Waals surface area contributed by atoms with E-state index < -0.39 is 0 Å². The number of likely N-dealkylation sites (N-methyl/N-ethyl adjacent to an activating group) is 1. The van der Waals surface area contributed by atoms with Crippen molar-refractivity contribution in [1.82, 2.24) is 5.32 Å². The van der Waals surface area contributed by atoms with Gasteiger partial charge in [0.05, 0.1) is 12.7 Å². The van der Waals surface area contributed by atoms with Crippen LogP contribution in [0.15, 0.2) is 0 Å². The Hall–Kier alpha value is -0.630. The van der Waals surface area contributed by atoms with E-state index in [0.29, 0.717) is 19.8 Å². The van der Waals surface area contributed by atoms with Gasteiger partial charge in [-0.05, 0) is 13.5 Å². The van der Waals surface area contributed by atoms with E-state index in [1.807, 2.05) is 0 Å². The van der Waals surface area contributed by atoms with Gasteiger partial charge in [0.15, 0.2) is 0 Å². The van der Waals surface area contributed by atoms with Crippen molar-refractivity contribution in [3.63, 3.8) is 0 Å². The molecule has 0 aliphatic heterocycles. The molecule has 0 spiro atoms. The van der Waals surface area contributed by atoms with E-state index in [4.69, 9.17) is 14.7 Å². The molecule has 4 nitrogen and oxygen atoms in total. The molecule has 1 atom stereocenters. The van der Waals surface area contributed by atoms with E-state index >= 15 is 0 Å². The number of methoxy groups -OCH3 is 1. The molecule has 0 aliphatic carbocycles. The average Bonchev–Trinajstić information content (AvgIpc) is 2.11. The summed E-state index contributed by atoms with van der Waals surface area (Å²) < 4.78 is 10.1. The van der Waals surface area contributed by atoms with Gasteiger partial charge in [0.1, 0.15) is 6.04 Å². The van der Waals surface area contributed by atoms with Crippen LogP contribution in [0.5, 0.6) is 0 Å². The van der Waals surface area contributed by atoms with Gasteiger partial charge in [-0.25, -0.2) is 0 Å². The first kappa shape index (κ1) is 11.4. The van der Waals surface area contributed by atoms with Crippen molar-refractivity contribution in [1.29, 1.82) is 5.26 Å². The van der Waals surface area contributed by atoms with Crippen molar-refractivity contribution < 1.29 is 9.47 Å². The van der Waals surface area contributed by atoms with E-state index in [1.165, 1.54) is 0 Å². The minimum absolute atomic E-state index is 0.201. The molecule has 0 saturated carbocycles. The molecule has 0 aromatic rings. The van der Waals surface area contributed by atoms with Crippen LogP contribution in [0.3, 0.4) is 0 Å². The molecule has 0 saturated heterocycles. The maximum absolute atomic E-state index is 8.51. The Bertz CT molecular complexity index is 134. The third-order valence-corrected chi connectivity index (χ3v) is 1.43. The van der Waals surface area contributed by atoms with Crippen LogP contribution in [0, 0.1) is 11.3 Å². The number of hydrogen-bond acceptors (Lipinski definition) is 4. The zero-order chi connectivity index (χ0) is 9.23. The molecule has 1 N–H and O–H groups in total. The van der Waals surface area contributed by atoms with Crippen molar-refractivity contribution >= 4 is 0 Å². The van der Waals surface area contributed by atoms with Crippen LogP contribution >= 0.6 is 0 Å². The Morgan fingerprint density at radius 1 is 1.50 bits per heavy atom. The molecule has 0 amide bonds. The summed E-state index contributed by atoms with van der Waals surface area (Å²) in [4.78, 5) is 0. The summed E-state index contributed by atoms with van der Waals surface area (Å²) in [6.45, 7) is 1.79. The molecule has 0 heterocycles. The monoisotopic (exact) mass is 172 g/mol. The summed E-state index contributed by atoms with van der Waals surface area (Å²) >= 11 is 0. The second-order valence-electron chi connectivity index (χ2n) is 2.39. The highest BCUT2D eigenvalue weighted by Gasteiger charge is 2.01. The highest BCUT2D eigenvalue weighted by atomic mass is 16.5. The molecule has 12 heavy (non-hydrogen) atoms. The number of rotatable bonds is 7. The first-order chi connectivity index (χ1) is 5.85. The number of hydrogen-bond donors (Lipinski definition) is 1. The van der Waals surface area contributed by atoms with E-state index in [2.05, 4.69) is 11.4 Å². The number of ether oxygens (including phenoxy) is 2. The molecule has 0 aromatic carbocycles. The lowest BCUT2D eigenvalue weighted by molar-refractivity contribution is 0.0968. The summed E-state index contributed by atoms with van der Waals surface area (Å²) in [5.41, 5.74) is 0. The number of nitrogens with zero attached hydrogens (tertiary/aromatic N) is 1. The molecule has 0 radical (unpaired) electrons. The maximum atomic E-state index is 8.51. The van der Waals surface area contributed by atoms with E-state index in [9.17, 15) is 0 Å². The van der Waals surface area contributed by atoms with Crippen molar-refractivity contribution in [2.45, 2.75) is 12.5 Å². The summed E-state index contributed by atoms with van der Waals surface area (Å²) in [6.07, 6.45) is 0.873. The highest BCUT2D eigenvalue weighted by molar-refractivity contribution is 4.88. The predicted octanol–water partition coefficient (Wildman–Crippen LogP) is 0.151. The number of nitriles is 1. The molecule has 70 valence electrons. The van der Waals surface area contributed by atoms with E-state index in [-0.39, 0.29) is 6.04 Å². The lowest BCUT2D eigenvalue weighted by atomic mass is 10.3. The third-order valence-electron chi connectivity index (χ3n) is 1.43. The van der Waals surface area contributed by atoms with Crippen molar-refractivity contribution in [3.05, 3.63) is 0 Å². The van der Waals surface area contributed by atoms with Gasteiger partial charge in [-0.1, -0.05) is 0 Å². The second-order valence-corrected chi connectivity index (χ2v) is 2.39. The van der Waals surface area contributed by atoms with Crippen LogP contribution in [0.1, 0.15) is 6.42 Å². The van der Waals surface area contributed by atoms with Crippen molar-refractivity contribution in [3.8, 4) is 6.07 Å². The lowest BCUT2D eigenvalue weighted by Crippen LogP contribution is -2.28. The van der Waals surface area contributed by atoms with Gasteiger partial charge in [0.2, 0.25) is 0 Å². The van der Waals surface area contributed by atoms with Crippen LogP contribution in [-0.2, 0) is 9.47 Å². The molecule has 0 bridgehead atoms. The largest absolute Gasteiger partial charge is 0.385 e. The predicted molar refractivity (Wildman–Crippen MR) is 45.8 cm³/mol. The Balaban J connectivity index is 3.13. The first-order valence-electron chi connectivity index (χ1n) is 3.98. The summed E-state index contributed by atoms with van der Waals surface area (Å²) in [5.74, 6) is 0. The fourth-order valence-corrected chi connectivity index (χ4v) is 0.692. The zero-order valence-corrected chi connectivity index (χ0v) is 7.67. The fourth-order valence-electron chi connectivity index (χ4n) is 0.692. The number of nitrogens with one attached hydrogen (secondary N) is 1. The Labute approximate surface area is 73.5 Å². The van der Waals surface area contributed by atoms with Gasteiger partial charge >= 0.3 is 0 Å².